The van der Waals surface area contributed by atoms with Crippen molar-refractivity contribution in [3.05, 3.63) is 46.8 Å². The number of hydrogen-bond donors (Lipinski definition) is 1. The second-order valence-electron chi connectivity index (χ2n) is 8.13. The summed E-state index contributed by atoms with van der Waals surface area (Å²) in [5.74, 6) is 1.16. The summed E-state index contributed by atoms with van der Waals surface area (Å²) in [7, 11) is 0. The van der Waals surface area contributed by atoms with Gasteiger partial charge in [-0.1, -0.05) is 11.3 Å². The minimum Gasteiger partial charge on any atom is -0.463 e. The Bertz CT molecular complexity index is 1140. The molecular formula is C22H24N6O5S. The van der Waals surface area contributed by atoms with Crippen molar-refractivity contribution < 1.29 is 18.9 Å². The number of aromatic nitrogens is 2. The van der Waals surface area contributed by atoms with Crippen LogP contribution in [0.2, 0.25) is 0 Å². The normalized spacial score (nSPS) is 17.1. The maximum Gasteiger partial charge on any atom is 0.287 e. The van der Waals surface area contributed by atoms with E-state index in [0.717, 1.165) is 23.8 Å². The largest absolute Gasteiger partial charge is 0.463 e. The van der Waals surface area contributed by atoms with E-state index in [-0.39, 0.29) is 17.5 Å². The summed E-state index contributed by atoms with van der Waals surface area (Å²) >= 11 is 1.45. The van der Waals surface area contributed by atoms with Gasteiger partial charge in [0.2, 0.25) is 5.91 Å². The fourth-order valence-corrected chi connectivity index (χ4v) is 5.20. The van der Waals surface area contributed by atoms with Crippen LogP contribution in [-0.2, 0) is 9.53 Å². The van der Waals surface area contributed by atoms with Gasteiger partial charge < -0.3 is 24.3 Å². The van der Waals surface area contributed by atoms with Crippen LogP contribution >= 0.6 is 11.3 Å². The van der Waals surface area contributed by atoms with Crippen molar-refractivity contribution in [1.82, 2.24) is 9.97 Å². The fraction of sp³-hybridized carbons (Fsp3) is 0.409. The molecule has 0 radical (unpaired) electrons. The molecule has 0 aliphatic carbocycles. The molecule has 5 rings (SSSR count). The zero-order chi connectivity index (χ0) is 23.5. The number of pyridine rings is 1. The number of piperidine rings is 1. The fourth-order valence-electron chi connectivity index (χ4n) is 4.17. The van der Waals surface area contributed by atoms with E-state index < -0.39 is 4.92 Å². The van der Waals surface area contributed by atoms with Crippen LogP contribution in [0.5, 0.6) is 0 Å². The lowest BCUT2D eigenvalue weighted by atomic mass is 9.96. The molecular weight excluding hydrogens is 460 g/mol. The highest BCUT2D eigenvalue weighted by Gasteiger charge is 2.28. The molecule has 178 valence electrons. The van der Waals surface area contributed by atoms with Crippen LogP contribution in [0.15, 0.2) is 41.1 Å². The molecule has 11 nitrogen and oxygen atoms in total. The first kappa shape index (κ1) is 22.3. The maximum atomic E-state index is 13.0. The number of nitrogens with one attached hydrogen (secondary N) is 1. The number of furan rings is 1. The van der Waals surface area contributed by atoms with E-state index in [9.17, 15) is 14.9 Å². The number of carbonyl (C=O) groups excluding carboxylic acids is 1. The summed E-state index contributed by atoms with van der Waals surface area (Å²) in [6, 6.07) is 6.79. The highest BCUT2D eigenvalue weighted by atomic mass is 32.1. The zero-order valence-electron chi connectivity index (χ0n) is 18.4. The van der Waals surface area contributed by atoms with Crippen LogP contribution in [0, 0.1) is 16.0 Å². The summed E-state index contributed by atoms with van der Waals surface area (Å²) in [5, 5.41) is 15.4. The molecule has 12 heteroatoms. The number of hydrogen-bond acceptors (Lipinski definition) is 10. The van der Waals surface area contributed by atoms with Gasteiger partial charge in [0.1, 0.15) is 22.7 Å². The summed E-state index contributed by atoms with van der Waals surface area (Å²) in [4.78, 5) is 36.5. The first-order valence-electron chi connectivity index (χ1n) is 11.1. The number of rotatable bonds is 6. The predicted molar refractivity (Wildman–Crippen MR) is 127 cm³/mol. The average molecular weight is 485 g/mol. The van der Waals surface area contributed by atoms with Crippen LogP contribution < -0.4 is 15.1 Å². The van der Waals surface area contributed by atoms with Gasteiger partial charge in [-0.15, -0.1) is 0 Å². The zero-order valence-corrected chi connectivity index (χ0v) is 19.2. The number of amides is 1. The minimum absolute atomic E-state index is 0.0353. The molecule has 34 heavy (non-hydrogen) atoms. The Labute approximate surface area is 199 Å². The van der Waals surface area contributed by atoms with Crippen molar-refractivity contribution in [2.75, 3.05) is 54.5 Å². The Morgan fingerprint density at radius 1 is 1.15 bits per heavy atom. The highest BCUT2D eigenvalue weighted by molar-refractivity contribution is 7.20. The third kappa shape index (κ3) is 4.73. The molecule has 0 saturated carbocycles. The van der Waals surface area contributed by atoms with Gasteiger partial charge in [-0.05, 0) is 31.0 Å². The van der Waals surface area contributed by atoms with E-state index >= 15 is 0 Å². The number of nitro groups is 1. The van der Waals surface area contributed by atoms with Crippen molar-refractivity contribution in [1.29, 1.82) is 0 Å². The first-order chi connectivity index (χ1) is 16.6. The predicted octanol–water partition coefficient (Wildman–Crippen LogP) is 3.40. The van der Waals surface area contributed by atoms with Crippen LogP contribution in [0.3, 0.4) is 0 Å². The third-order valence-electron chi connectivity index (χ3n) is 6.03. The molecule has 5 heterocycles. The molecule has 0 bridgehead atoms. The lowest BCUT2D eigenvalue weighted by molar-refractivity contribution is -0.385. The van der Waals surface area contributed by atoms with E-state index in [0.29, 0.717) is 55.9 Å². The molecule has 0 spiro atoms. The monoisotopic (exact) mass is 484 g/mol. The molecule has 2 fully saturated rings. The van der Waals surface area contributed by atoms with Crippen LogP contribution in [0.25, 0.3) is 11.5 Å². The minimum atomic E-state index is -0.465. The molecule has 3 aromatic rings. The van der Waals surface area contributed by atoms with E-state index in [1.807, 2.05) is 17.0 Å². The van der Waals surface area contributed by atoms with Gasteiger partial charge in [-0.2, -0.15) is 0 Å². The number of thiazole rings is 1. The van der Waals surface area contributed by atoms with E-state index in [4.69, 9.17) is 9.15 Å². The van der Waals surface area contributed by atoms with Gasteiger partial charge in [-0.25, -0.2) is 9.97 Å². The van der Waals surface area contributed by atoms with Crippen LogP contribution in [0.4, 0.5) is 21.6 Å². The molecule has 2 aliphatic rings. The first-order valence-corrected chi connectivity index (χ1v) is 11.9. The Balaban J connectivity index is 1.23. The maximum absolute atomic E-state index is 13.0. The molecule has 2 aliphatic heterocycles. The molecule has 1 amide bonds. The smallest absolute Gasteiger partial charge is 0.287 e. The molecule has 3 aromatic heterocycles. The van der Waals surface area contributed by atoms with E-state index in [2.05, 4.69) is 20.2 Å². The van der Waals surface area contributed by atoms with Crippen LogP contribution in [-0.4, -0.2) is 60.2 Å². The average Bonchev–Trinajstić information content (AvgIpc) is 3.55. The second kappa shape index (κ2) is 9.77. The molecule has 1 N–H and O–H groups in total. The van der Waals surface area contributed by atoms with Gasteiger partial charge in [0.05, 0.1) is 24.4 Å². The lowest BCUT2D eigenvalue weighted by Gasteiger charge is -2.31. The molecule has 0 aromatic carbocycles. The topological polar surface area (TPSA) is 127 Å². The van der Waals surface area contributed by atoms with Crippen molar-refractivity contribution >= 4 is 38.9 Å². The van der Waals surface area contributed by atoms with Crippen molar-refractivity contribution in [3.63, 3.8) is 0 Å². The quantitative estimate of drug-likeness (QED) is 0.414. The van der Waals surface area contributed by atoms with Gasteiger partial charge in [0.25, 0.3) is 5.69 Å². The number of carbonyl (C=O) groups is 1. The van der Waals surface area contributed by atoms with Crippen molar-refractivity contribution in [3.8, 4) is 11.5 Å². The number of ether oxygens (including phenoxy) is 1. The summed E-state index contributed by atoms with van der Waals surface area (Å²) in [6.07, 6.45) is 4.21. The number of anilines is 3. The molecule has 0 unspecified atom stereocenters. The Morgan fingerprint density at radius 2 is 1.94 bits per heavy atom. The number of nitrogens with zero attached hydrogens (tertiary/aromatic N) is 5. The molecule has 2 saturated heterocycles. The van der Waals surface area contributed by atoms with E-state index in [1.165, 1.54) is 23.6 Å². The van der Waals surface area contributed by atoms with Crippen molar-refractivity contribution in [2.24, 2.45) is 5.92 Å². The Kier molecular flexibility index (Phi) is 6.41. The Morgan fingerprint density at radius 3 is 2.59 bits per heavy atom. The standard InChI is InChI=1S/C22H24N6O5S/c29-20(15-5-7-26(8-6-15)18-4-3-16(14-23-18)28(30)31)25-22-24-19(17-2-1-11-33-17)21(34-22)27-9-12-32-13-10-27/h1-4,11,14-15H,5-10,12-13H2,(H,24,25,29). The Hall–Kier alpha value is -3.51. The summed E-state index contributed by atoms with van der Waals surface area (Å²) < 4.78 is 11.1. The number of morpholine rings is 1. The third-order valence-corrected chi connectivity index (χ3v) is 7.06. The van der Waals surface area contributed by atoms with Gasteiger partial charge in [0, 0.05) is 38.2 Å². The summed E-state index contributed by atoms with van der Waals surface area (Å²) in [6.45, 7) is 4.13. The van der Waals surface area contributed by atoms with Gasteiger partial charge in [-0.3, -0.25) is 14.9 Å². The highest BCUT2D eigenvalue weighted by Crippen LogP contribution is 2.39. The van der Waals surface area contributed by atoms with Crippen molar-refractivity contribution in [2.45, 2.75) is 12.8 Å². The molecule has 0 atom stereocenters. The van der Waals surface area contributed by atoms with Gasteiger partial charge in [0.15, 0.2) is 10.9 Å². The summed E-state index contributed by atoms with van der Waals surface area (Å²) in [5.41, 5.74) is 0.693. The van der Waals surface area contributed by atoms with Gasteiger partial charge >= 0.3 is 0 Å². The lowest BCUT2D eigenvalue weighted by Crippen LogP contribution is -2.38. The SMILES string of the molecule is O=C(Nc1nc(-c2ccco2)c(N2CCOCC2)s1)C1CCN(c2ccc([N+](=O)[O-])cn2)CC1. The van der Waals surface area contributed by atoms with E-state index in [1.54, 1.807) is 12.3 Å². The van der Waals surface area contributed by atoms with Crippen LogP contribution in [0.1, 0.15) is 12.8 Å². The second-order valence-corrected chi connectivity index (χ2v) is 9.11.